The van der Waals surface area contributed by atoms with Gasteiger partial charge < -0.3 is 10.2 Å². The Bertz CT molecular complexity index is 972. The highest BCUT2D eigenvalue weighted by molar-refractivity contribution is 6.08. The van der Waals surface area contributed by atoms with Crippen molar-refractivity contribution in [3.05, 3.63) is 48.5 Å². The van der Waals surface area contributed by atoms with Crippen molar-refractivity contribution in [2.45, 2.75) is 12.6 Å². The van der Waals surface area contributed by atoms with Crippen LogP contribution in [0, 0.1) is 5.92 Å². The number of anilines is 2. The molecule has 0 spiro atoms. The normalized spacial score (nSPS) is 17.4. The van der Waals surface area contributed by atoms with E-state index in [2.05, 4.69) is 20.4 Å². The minimum Gasteiger partial charge on any atom is -0.356 e. The molecule has 1 saturated heterocycles. The number of amides is 1. The molecule has 1 amide bonds. The fraction of sp³-hybridized carbons (Fsp3) is 0.294. The molecule has 27 heavy (non-hydrogen) atoms. The van der Waals surface area contributed by atoms with Gasteiger partial charge in [0, 0.05) is 25.5 Å². The number of hydrogen-bond acceptors (Lipinski definition) is 5. The van der Waals surface area contributed by atoms with Crippen molar-refractivity contribution >= 4 is 23.1 Å². The average molecular weight is 376 g/mol. The Hall–Kier alpha value is -3.17. The van der Waals surface area contributed by atoms with Gasteiger partial charge in [-0.2, -0.15) is 18.3 Å². The van der Waals surface area contributed by atoms with Gasteiger partial charge in [0.2, 0.25) is 0 Å². The third-order valence-electron chi connectivity index (χ3n) is 4.49. The molecule has 1 N–H and O–H groups in total. The summed E-state index contributed by atoms with van der Waals surface area (Å²) >= 11 is 0. The second kappa shape index (κ2) is 6.53. The van der Waals surface area contributed by atoms with Gasteiger partial charge in [-0.25, -0.2) is 9.50 Å². The molecule has 1 aliphatic rings. The lowest BCUT2D eigenvalue weighted by atomic mass is 10.1. The third kappa shape index (κ3) is 3.42. The number of carbonyl (C=O) groups excluding carboxylic acids is 1. The van der Waals surface area contributed by atoms with Gasteiger partial charge in [-0.1, -0.05) is 0 Å². The average Bonchev–Trinajstić information content (AvgIpc) is 3.29. The zero-order valence-corrected chi connectivity index (χ0v) is 14.0. The van der Waals surface area contributed by atoms with Crippen molar-refractivity contribution in [1.82, 2.24) is 19.6 Å². The van der Waals surface area contributed by atoms with Crippen LogP contribution in [0.4, 0.5) is 24.7 Å². The van der Waals surface area contributed by atoms with Crippen LogP contribution in [0.15, 0.2) is 43.0 Å². The minimum atomic E-state index is -4.22. The largest absolute Gasteiger partial charge is 0.393 e. The molecule has 4 rings (SSSR count). The number of aromatic nitrogens is 4. The molecule has 1 fully saturated rings. The Morgan fingerprint density at radius 2 is 2.11 bits per heavy atom. The SMILES string of the molecule is O=C(Nc1cccnc1)c1cnn2ccc(N3CCC(C(F)(F)F)C3)nc12. The molecule has 1 atom stereocenters. The Kier molecular flexibility index (Phi) is 4.17. The highest BCUT2D eigenvalue weighted by Crippen LogP contribution is 2.35. The van der Waals surface area contributed by atoms with E-state index in [0.29, 0.717) is 11.5 Å². The zero-order chi connectivity index (χ0) is 19.0. The lowest BCUT2D eigenvalue weighted by molar-refractivity contribution is -0.168. The van der Waals surface area contributed by atoms with E-state index in [0.717, 1.165) is 0 Å². The van der Waals surface area contributed by atoms with Crippen LogP contribution in [0.2, 0.25) is 0 Å². The van der Waals surface area contributed by atoms with E-state index in [-0.39, 0.29) is 30.7 Å². The Morgan fingerprint density at radius 1 is 1.26 bits per heavy atom. The van der Waals surface area contributed by atoms with Gasteiger partial charge in [0.1, 0.15) is 11.4 Å². The van der Waals surface area contributed by atoms with Crippen LogP contribution in [0.5, 0.6) is 0 Å². The minimum absolute atomic E-state index is 0.0317. The van der Waals surface area contributed by atoms with Crippen molar-refractivity contribution in [3.8, 4) is 0 Å². The van der Waals surface area contributed by atoms with Crippen LogP contribution in [0.3, 0.4) is 0 Å². The lowest BCUT2D eigenvalue weighted by Crippen LogP contribution is -2.28. The van der Waals surface area contributed by atoms with Crippen molar-refractivity contribution in [2.75, 3.05) is 23.3 Å². The van der Waals surface area contributed by atoms with Crippen LogP contribution in [0.1, 0.15) is 16.8 Å². The molecular weight excluding hydrogens is 361 g/mol. The van der Waals surface area contributed by atoms with Gasteiger partial charge in [-0.3, -0.25) is 9.78 Å². The van der Waals surface area contributed by atoms with Crippen LogP contribution in [-0.4, -0.2) is 44.8 Å². The molecule has 1 aliphatic heterocycles. The fourth-order valence-corrected chi connectivity index (χ4v) is 3.07. The van der Waals surface area contributed by atoms with Gasteiger partial charge in [0.25, 0.3) is 5.91 Å². The highest BCUT2D eigenvalue weighted by Gasteiger charge is 2.43. The molecule has 7 nitrogen and oxygen atoms in total. The van der Waals surface area contributed by atoms with Crippen LogP contribution >= 0.6 is 0 Å². The maximum absolute atomic E-state index is 12.9. The van der Waals surface area contributed by atoms with Crippen LogP contribution < -0.4 is 10.2 Å². The second-order valence-electron chi connectivity index (χ2n) is 6.28. The first kappa shape index (κ1) is 17.3. The number of hydrogen-bond donors (Lipinski definition) is 1. The van der Waals surface area contributed by atoms with E-state index in [1.165, 1.54) is 16.9 Å². The molecule has 10 heteroatoms. The summed E-state index contributed by atoms with van der Waals surface area (Å²) in [6.07, 6.45) is 1.86. The Morgan fingerprint density at radius 3 is 2.81 bits per heavy atom. The predicted octanol–water partition coefficient (Wildman–Crippen LogP) is 2.77. The van der Waals surface area contributed by atoms with Gasteiger partial charge in [-0.05, 0) is 24.6 Å². The summed E-state index contributed by atoms with van der Waals surface area (Å²) in [4.78, 5) is 22.4. The second-order valence-corrected chi connectivity index (χ2v) is 6.28. The first-order valence-electron chi connectivity index (χ1n) is 8.29. The maximum atomic E-state index is 12.9. The molecule has 0 saturated carbocycles. The van der Waals surface area contributed by atoms with Gasteiger partial charge >= 0.3 is 6.18 Å². The summed E-state index contributed by atoms with van der Waals surface area (Å²) in [5.41, 5.74) is 1.03. The van der Waals surface area contributed by atoms with Crippen molar-refractivity contribution in [3.63, 3.8) is 0 Å². The maximum Gasteiger partial charge on any atom is 0.393 e. The van der Waals surface area contributed by atoms with E-state index >= 15 is 0 Å². The van der Waals surface area contributed by atoms with Gasteiger partial charge in [-0.15, -0.1) is 0 Å². The van der Waals surface area contributed by atoms with Crippen LogP contribution in [-0.2, 0) is 0 Å². The number of pyridine rings is 1. The van der Waals surface area contributed by atoms with Crippen molar-refractivity contribution in [1.29, 1.82) is 0 Å². The lowest BCUT2D eigenvalue weighted by Gasteiger charge is -2.18. The molecule has 4 heterocycles. The summed E-state index contributed by atoms with van der Waals surface area (Å²) in [6.45, 7) is 0.122. The summed E-state index contributed by atoms with van der Waals surface area (Å²) in [5.74, 6) is -1.39. The topological polar surface area (TPSA) is 75.4 Å². The number of nitrogens with one attached hydrogen (secondary N) is 1. The molecule has 0 radical (unpaired) electrons. The third-order valence-corrected chi connectivity index (χ3v) is 4.49. The number of halogens is 3. The summed E-state index contributed by atoms with van der Waals surface area (Å²) in [5, 5.41) is 6.78. The Balaban J connectivity index is 1.59. The molecule has 140 valence electrons. The molecule has 0 bridgehead atoms. The zero-order valence-electron chi connectivity index (χ0n) is 14.0. The van der Waals surface area contributed by atoms with Crippen molar-refractivity contribution in [2.24, 2.45) is 5.92 Å². The molecule has 0 aromatic carbocycles. The highest BCUT2D eigenvalue weighted by atomic mass is 19.4. The van der Waals surface area contributed by atoms with E-state index in [1.54, 1.807) is 35.5 Å². The van der Waals surface area contributed by atoms with E-state index in [9.17, 15) is 18.0 Å². The van der Waals surface area contributed by atoms with E-state index < -0.39 is 18.0 Å². The molecule has 3 aromatic rings. The molecule has 1 unspecified atom stereocenters. The molecule has 0 aliphatic carbocycles. The Labute approximate surface area is 151 Å². The van der Waals surface area contributed by atoms with Gasteiger partial charge in [0.15, 0.2) is 5.65 Å². The molecular formula is C17H15F3N6O. The fourth-order valence-electron chi connectivity index (χ4n) is 3.07. The monoisotopic (exact) mass is 376 g/mol. The quantitative estimate of drug-likeness (QED) is 0.761. The summed E-state index contributed by atoms with van der Waals surface area (Å²) < 4.78 is 40.1. The number of fused-ring (bicyclic) bond motifs is 1. The number of rotatable bonds is 3. The first-order valence-corrected chi connectivity index (χ1v) is 8.29. The van der Waals surface area contributed by atoms with E-state index in [4.69, 9.17) is 0 Å². The first-order chi connectivity index (χ1) is 12.9. The van der Waals surface area contributed by atoms with Crippen molar-refractivity contribution < 1.29 is 18.0 Å². The standard InChI is InChI=1S/C17H15F3N6O/c18-17(19,20)11-3-6-25(10-11)14-4-7-26-15(24-14)13(9-22-26)16(27)23-12-2-1-5-21-8-12/h1-2,4-5,7-9,11H,3,6,10H2,(H,23,27). The molecule has 3 aromatic heterocycles. The predicted molar refractivity (Wildman–Crippen MR) is 91.6 cm³/mol. The van der Waals surface area contributed by atoms with Crippen LogP contribution in [0.25, 0.3) is 5.65 Å². The number of alkyl halides is 3. The number of nitrogens with zero attached hydrogens (tertiary/aromatic N) is 5. The van der Waals surface area contributed by atoms with Gasteiger partial charge in [0.05, 0.1) is 24.0 Å². The summed E-state index contributed by atoms with van der Waals surface area (Å²) in [7, 11) is 0. The summed E-state index contributed by atoms with van der Waals surface area (Å²) in [6, 6.07) is 4.98. The smallest absolute Gasteiger partial charge is 0.356 e. The van der Waals surface area contributed by atoms with E-state index in [1.807, 2.05) is 0 Å². The number of carbonyl (C=O) groups is 1.